The van der Waals surface area contributed by atoms with Crippen molar-refractivity contribution in [2.75, 3.05) is 0 Å². The maximum absolute atomic E-state index is 6.14. The molecule has 0 amide bonds. The molecule has 3 aromatic rings. The van der Waals surface area contributed by atoms with Crippen molar-refractivity contribution in [1.82, 2.24) is 15.0 Å². The molecular weight excluding hydrogens is 257 g/mol. The predicted octanol–water partition coefficient (Wildman–Crippen LogP) is 3.93. The molecule has 0 bridgehead atoms. The molecule has 17 heavy (non-hydrogen) atoms. The molecule has 5 heteroatoms. The van der Waals surface area contributed by atoms with Crippen molar-refractivity contribution < 1.29 is 0 Å². The van der Waals surface area contributed by atoms with E-state index in [4.69, 9.17) is 23.2 Å². The second kappa shape index (κ2) is 4.02. The van der Waals surface area contributed by atoms with Crippen molar-refractivity contribution in [3.05, 3.63) is 46.6 Å². The van der Waals surface area contributed by atoms with Gasteiger partial charge in [-0.2, -0.15) is 0 Å². The van der Waals surface area contributed by atoms with E-state index in [9.17, 15) is 0 Å². The average molecular weight is 264 g/mol. The fourth-order valence-corrected chi connectivity index (χ4v) is 2.05. The lowest BCUT2D eigenvalue weighted by atomic mass is 10.2. The third-order valence-electron chi connectivity index (χ3n) is 2.46. The summed E-state index contributed by atoms with van der Waals surface area (Å²) in [5.41, 5.74) is 2.31. The van der Waals surface area contributed by atoms with Gasteiger partial charge in [0.15, 0.2) is 5.65 Å². The molecule has 2 heterocycles. The third-order valence-corrected chi connectivity index (χ3v) is 3.28. The Hall–Kier alpha value is -1.58. The Labute approximate surface area is 107 Å². The summed E-state index contributed by atoms with van der Waals surface area (Å²) in [6.07, 6.45) is 1.70. The van der Waals surface area contributed by atoms with E-state index in [1.807, 2.05) is 24.3 Å². The highest BCUT2D eigenvalue weighted by molar-refractivity contribution is 6.43. The number of nitrogens with zero attached hydrogens (tertiary/aromatic N) is 2. The number of benzene rings is 1. The molecule has 1 N–H and O–H groups in total. The van der Waals surface area contributed by atoms with Crippen LogP contribution in [0.4, 0.5) is 0 Å². The van der Waals surface area contributed by atoms with Crippen LogP contribution in [0.2, 0.25) is 10.0 Å². The summed E-state index contributed by atoms with van der Waals surface area (Å²) in [4.78, 5) is 11.7. The molecule has 0 saturated heterocycles. The zero-order valence-corrected chi connectivity index (χ0v) is 10.1. The van der Waals surface area contributed by atoms with Crippen LogP contribution in [0.3, 0.4) is 0 Å². The van der Waals surface area contributed by atoms with E-state index in [1.165, 1.54) is 0 Å². The molecule has 1 aromatic carbocycles. The number of fused-ring (bicyclic) bond motifs is 1. The van der Waals surface area contributed by atoms with Gasteiger partial charge in [-0.05, 0) is 24.3 Å². The lowest BCUT2D eigenvalue weighted by Gasteiger charge is -2.01. The standard InChI is InChI=1S/C12H7Cl2N3/c13-8-4-1-3-7(10(8)14)11-16-9-5-2-6-15-12(9)17-11/h1-6H,(H,15,16,17). The summed E-state index contributed by atoms with van der Waals surface area (Å²) < 4.78 is 0. The molecule has 0 atom stereocenters. The van der Waals surface area contributed by atoms with Crippen LogP contribution < -0.4 is 0 Å². The number of rotatable bonds is 1. The maximum atomic E-state index is 6.14. The minimum Gasteiger partial charge on any atom is -0.337 e. The van der Waals surface area contributed by atoms with Gasteiger partial charge in [0, 0.05) is 11.8 Å². The van der Waals surface area contributed by atoms with E-state index in [1.54, 1.807) is 12.3 Å². The zero-order chi connectivity index (χ0) is 11.8. The van der Waals surface area contributed by atoms with Crippen molar-refractivity contribution in [3.8, 4) is 11.4 Å². The Bertz CT molecular complexity index is 658. The van der Waals surface area contributed by atoms with Gasteiger partial charge in [0.2, 0.25) is 0 Å². The molecule has 84 valence electrons. The minimum absolute atomic E-state index is 0.494. The molecule has 0 unspecified atom stereocenters. The van der Waals surface area contributed by atoms with Gasteiger partial charge in [-0.1, -0.05) is 29.3 Å². The van der Waals surface area contributed by atoms with Gasteiger partial charge in [0.25, 0.3) is 0 Å². The Morgan fingerprint density at radius 1 is 1.06 bits per heavy atom. The van der Waals surface area contributed by atoms with E-state index in [0.717, 1.165) is 11.1 Å². The molecular formula is C12H7Cl2N3. The third kappa shape index (κ3) is 1.77. The first-order valence-corrected chi connectivity index (χ1v) is 5.76. The highest BCUT2D eigenvalue weighted by Gasteiger charge is 2.11. The van der Waals surface area contributed by atoms with Crippen LogP contribution >= 0.6 is 23.2 Å². The SMILES string of the molecule is Clc1cccc(-c2nc3ncccc3[nH]2)c1Cl. The van der Waals surface area contributed by atoms with Crippen LogP contribution in [0, 0.1) is 0 Å². The van der Waals surface area contributed by atoms with E-state index >= 15 is 0 Å². The molecule has 3 rings (SSSR count). The lowest BCUT2D eigenvalue weighted by Crippen LogP contribution is -1.82. The van der Waals surface area contributed by atoms with Crippen molar-refractivity contribution in [2.24, 2.45) is 0 Å². The summed E-state index contributed by atoms with van der Waals surface area (Å²) in [7, 11) is 0. The topological polar surface area (TPSA) is 41.6 Å². The molecule has 3 nitrogen and oxygen atoms in total. The average Bonchev–Trinajstić information content (AvgIpc) is 2.76. The van der Waals surface area contributed by atoms with Gasteiger partial charge < -0.3 is 4.98 Å². The first-order chi connectivity index (χ1) is 8.25. The van der Waals surface area contributed by atoms with Gasteiger partial charge in [-0.3, -0.25) is 0 Å². The van der Waals surface area contributed by atoms with Crippen LogP contribution in [-0.2, 0) is 0 Å². The fraction of sp³-hybridized carbons (Fsp3) is 0. The van der Waals surface area contributed by atoms with Gasteiger partial charge in [0.05, 0.1) is 15.6 Å². The number of aromatic amines is 1. The van der Waals surface area contributed by atoms with E-state index in [2.05, 4.69) is 15.0 Å². The number of hydrogen-bond acceptors (Lipinski definition) is 2. The molecule has 0 saturated carbocycles. The molecule has 2 aromatic heterocycles. The number of nitrogens with one attached hydrogen (secondary N) is 1. The molecule has 0 aliphatic carbocycles. The quantitative estimate of drug-likeness (QED) is 0.723. The number of hydrogen-bond donors (Lipinski definition) is 1. The highest BCUT2D eigenvalue weighted by Crippen LogP contribution is 2.32. The largest absolute Gasteiger partial charge is 0.337 e. The van der Waals surface area contributed by atoms with Crippen LogP contribution in [0.15, 0.2) is 36.5 Å². The molecule has 0 radical (unpaired) electrons. The number of imidazole rings is 1. The number of H-pyrrole nitrogens is 1. The predicted molar refractivity (Wildman–Crippen MR) is 69.3 cm³/mol. The summed E-state index contributed by atoms with van der Waals surface area (Å²) in [6, 6.07) is 9.21. The van der Waals surface area contributed by atoms with Crippen LogP contribution in [0.25, 0.3) is 22.6 Å². The first-order valence-electron chi connectivity index (χ1n) is 5.01. The summed E-state index contributed by atoms with van der Waals surface area (Å²) in [6.45, 7) is 0. The van der Waals surface area contributed by atoms with Crippen LogP contribution in [-0.4, -0.2) is 15.0 Å². The first kappa shape index (κ1) is 10.6. The monoisotopic (exact) mass is 263 g/mol. The molecule has 0 spiro atoms. The van der Waals surface area contributed by atoms with E-state index in [-0.39, 0.29) is 0 Å². The highest BCUT2D eigenvalue weighted by atomic mass is 35.5. The normalized spacial score (nSPS) is 10.9. The Balaban J connectivity index is 2.24. The van der Waals surface area contributed by atoms with Crippen molar-refractivity contribution in [1.29, 1.82) is 0 Å². The van der Waals surface area contributed by atoms with Gasteiger partial charge in [0.1, 0.15) is 5.82 Å². The van der Waals surface area contributed by atoms with Gasteiger partial charge in [-0.25, -0.2) is 9.97 Å². The Kier molecular flexibility index (Phi) is 2.50. The van der Waals surface area contributed by atoms with Crippen molar-refractivity contribution >= 4 is 34.4 Å². The second-order valence-corrected chi connectivity index (χ2v) is 4.35. The zero-order valence-electron chi connectivity index (χ0n) is 8.61. The number of pyridine rings is 1. The Morgan fingerprint density at radius 2 is 1.94 bits per heavy atom. The van der Waals surface area contributed by atoms with E-state index in [0.29, 0.717) is 21.5 Å². The number of aromatic nitrogens is 3. The molecule has 0 fully saturated rings. The Morgan fingerprint density at radius 3 is 2.76 bits per heavy atom. The molecule has 0 aliphatic rings. The van der Waals surface area contributed by atoms with E-state index < -0.39 is 0 Å². The van der Waals surface area contributed by atoms with Crippen molar-refractivity contribution in [2.45, 2.75) is 0 Å². The summed E-state index contributed by atoms with van der Waals surface area (Å²) in [5, 5.41) is 1.01. The molecule has 0 aliphatic heterocycles. The van der Waals surface area contributed by atoms with Crippen LogP contribution in [0.1, 0.15) is 0 Å². The van der Waals surface area contributed by atoms with Gasteiger partial charge in [-0.15, -0.1) is 0 Å². The smallest absolute Gasteiger partial charge is 0.178 e. The fourth-order valence-electron chi connectivity index (χ4n) is 1.66. The maximum Gasteiger partial charge on any atom is 0.178 e. The summed E-state index contributed by atoms with van der Waals surface area (Å²) in [5.74, 6) is 0.672. The summed E-state index contributed by atoms with van der Waals surface area (Å²) >= 11 is 12.1. The van der Waals surface area contributed by atoms with Crippen LogP contribution in [0.5, 0.6) is 0 Å². The van der Waals surface area contributed by atoms with Crippen molar-refractivity contribution in [3.63, 3.8) is 0 Å². The minimum atomic E-state index is 0.494. The lowest BCUT2D eigenvalue weighted by molar-refractivity contribution is 1.30. The number of halogens is 2. The second-order valence-electron chi connectivity index (χ2n) is 3.56. The van der Waals surface area contributed by atoms with Gasteiger partial charge >= 0.3 is 0 Å².